The first kappa shape index (κ1) is 19.6. The van der Waals surface area contributed by atoms with Gasteiger partial charge in [0.1, 0.15) is 0 Å². The van der Waals surface area contributed by atoms with E-state index in [1.54, 1.807) is 0 Å². The zero-order valence-corrected chi connectivity index (χ0v) is 17.7. The van der Waals surface area contributed by atoms with E-state index < -0.39 is 0 Å². The van der Waals surface area contributed by atoms with Crippen molar-refractivity contribution in [2.75, 3.05) is 0 Å². The molecular weight excluding hydrogens is 345 g/mol. The van der Waals surface area contributed by atoms with E-state index in [9.17, 15) is 0 Å². The van der Waals surface area contributed by atoms with E-state index in [1.165, 1.54) is 49.7 Å². The third kappa shape index (κ3) is 4.35. The third-order valence-corrected chi connectivity index (χ3v) is 5.66. The first-order chi connectivity index (χ1) is 14.0. The number of hydrogen-bond donors (Lipinski definition) is 0. The fourth-order valence-electron chi connectivity index (χ4n) is 3.74. The van der Waals surface area contributed by atoms with Crippen molar-refractivity contribution in [1.29, 1.82) is 0 Å². The average molecular weight is 370 g/mol. The fraction of sp³-hybridized carbons (Fsp3) is 0.154. The quantitative estimate of drug-likeness (QED) is 0.390. The molecule has 4 rings (SSSR count). The zero-order chi connectivity index (χ0) is 20.4. The van der Waals surface area contributed by atoms with Crippen molar-refractivity contribution < 1.29 is 0 Å². The average Bonchev–Trinajstić information content (AvgIpc) is 2.75. The first-order valence-corrected chi connectivity index (χ1v) is 10.4. The first-order valence-electron chi connectivity index (χ1n) is 10.4. The Bertz CT molecular complexity index is 1110. The van der Waals surface area contributed by atoms with Crippen molar-refractivity contribution in [3.8, 4) is 33.1 Å². The molecule has 0 spiro atoms. The summed E-state index contributed by atoms with van der Waals surface area (Å²) in [7, 11) is 0. The van der Waals surface area contributed by atoms with Crippen LogP contribution in [0, 0.1) is 13.8 Å². The van der Waals surface area contributed by atoms with Crippen molar-refractivity contribution >= 4 is 26.0 Å². The topological polar surface area (TPSA) is 0 Å². The summed E-state index contributed by atoms with van der Waals surface area (Å²) in [5.41, 5.74) is 11.5. The minimum atomic E-state index is 0.541. The summed E-state index contributed by atoms with van der Waals surface area (Å²) in [6.45, 7) is 13.8. The van der Waals surface area contributed by atoms with Gasteiger partial charge < -0.3 is 0 Å². The molecule has 0 atom stereocenters. The zero-order valence-electron chi connectivity index (χ0n) is 17.7. The van der Waals surface area contributed by atoms with Gasteiger partial charge in [-0.25, -0.2) is 0 Å². The van der Waals surface area contributed by atoms with Crippen LogP contribution in [0.3, 0.4) is 0 Å². The van der Waals surface area contributed by atoms with Crippen molar-refractivity contribution in [3.63, 3.8) is 0 Å². The van der Waals surface area contributed by atoms with Gasteiger partial charge in [-0.15, -0.1) is 0 Å². The van der Waals surface area contributed by atoms with Crippen molar-refractivity contribution in [3.05, 3.63) is 89.9 Å². The predicted octanol–water partition coefficient (Wildman–Crippen LogP) is 5.94. The van der Waals surface area contributed by atoms with Crippen LogP contribution in [0.25, 0.3) is 33.1 Å². The van der Waals surface area contributed by atoms with Gasteiger partial charge in [0.05, 0.1) is 0 Å². The van der Waals surface area contributed by atoms with Crippen LogP contribution in [0.15, 0.2) is 78.8 Å². The Morgan fingerprint density at radius 3 is 1.86 bits per heavy atom. The van der Waals surface area contributed by atoms with Crippen LogP contribution in [0.2, 0.25) is 13.6 Å². The number of rotatable bonds is 4. The number of benzene rings is 2. The molecule has 0 bridgehead atoms. The second kappa shape index (κ2) is 8.37. The molecule has 3 heteroatoms. The molecule has 0 N–H and O–H groups in total. The van der Waals surface area contributed by atoms with Crippen molar-refractivity contribution in [2.24, 2.45) is 0 Å². The van der Waals surface area contributed by atoms with Gasteiger partial charge in [-0.2, -0.15) is 0 Å². The van der Waals surface area contributed by atoms with Gasteiger partial charge in [-0.05, 0) is 0 Å². The molecule has 2 heterocycles. The van der Waals surface area contributed by atoms with Gasteiger partial charge in [0.2, 0.25) is 0 Å². The van der Waals surface area contributed by atoms with Crippen molar-refractivity contribution in [1.82, 2.24) is 0 Å². The van der Waals surface area contributed by atoms with Gasteiger partial charge in [0.25, 0.3) is 0 Å². The minimum absolute atomic E-state index is 0.541. The summed E-state index contributed by atoms with van der Waals surface area (Å²) >= 11 is 0. The molecule has 0 nitrogen and oxygen atoms in total. The maximum absolute atomic E-state index is 2.34. The van der Waals surface area contributed by atoms with E-state index in [2.05, 4.69) is 120 Å². The number of aryl methyl sites for hydroxylation is 2. The molecule has 0 aliphatic carbocycles. The van der Waals surface area contributed by atoms with Gasteiger partial charge in [-0.1, -0.05) is 0 Å². The molecule has 0 fully saturated rings. The number of hydrogen-bond acceptors (Lipinski definition) is 0. The Labute approximate surface area is 176 Å². The maximum atomic E-state index is 2.34. The van der Waals surface area contributed by atoms with E-state index in [4.69, 9.17) is 0 Å². The summed E-state index contributed by atoms with van der Waals surface area (Å²) in [4.78, 5) is 0. The molecule has 29 heavy (non-hydrogen) atoms. The summed E-state index contributed by atoms with van der Waals surface area (Å²) in [5.74, 6) is 2.18. The summed E-state index contributed by atoms with van der Waals surface area (Å²) in [6, 6.07) is 26.8. The van der Waals surface area contributed by atoms with Crippen LogP contribution in [0.5, 0.6) is 0 Å². The Morgan fingerprint density at radius 2 is 1.24 bits per heavy atom. The second-order valence-electron chi connectivity index (χ2n) is 8.27. The van der Waals surface area contributed by atoms with Crippen LogP contribution in [-0.4, -0.2) is 20.5 Å². The molecule has 0 aliphatic rings. The van der Waals surface area contributed by atoms with E-state index in [0.717, 1.165) is 0 Å². The standard InChI is InChI=1S/C26H25B3/c1-18-5-8-20(9-6-18)23-14-16-25(24-15-7-19(2)17-27-24)28-26(23)21-10-12-22(13-11-21)29(3)4/h5-17H,1-4H3. The molecule has 2 aromatic carbocycles. The SMILES string of the molecule is CB(C)c1ccc(-c2bc(-c3bcc(C)cc3)ccc2-c2ccc(C)cc2)cc1. The molecule has 0 amide bonds. The molecule has 0 aliphatic heterocycles. The van der Waals surface area contributed by atoms with E-state index in [0.29, 0.717) is 6.71 Å². The Kier molecular flexibility index (Phi) is 5.67. The van der Waals surface area contributed by atoms with Gasteiger partial charge in [-0.3, -0.25) is 0 Å². The molecule has 0 radical (unpaired) electrons. The Hall–Kier alpha value is -2.67. The normalized spacial score (nSPS) is 10.5. The Morgan fingerprint density at radius 1 is 0.621 bits per heavy atom. The van der Waals surface area contributed by atoms with Gasteiger partial charge >= 0.3 is 176 Å². The van der Waals surface area contributed by atoms with Crippen LogP contribution < -0.4 is 5.46 Å². The summed E-state index contributed by atoms with van der Waals surface area (Å²) < 4.78 is 0. The molecule has 0 saturated heterocycles. The van der Waals surface area contributed by atoms with E-state index in [-0.39, 0.29) is 0 Å². The predicted molar refractivity (Wildman–Crippen MR) is 132 cm³/mol. The molecule has 0 saturated carbocycles. The van der Waals surface area contributed by atoms with Crippen molar-refractivity contribution in [2.45, 2.75) is 27.5 Å². The molecule has 0 unspecified atom stereocenters. The van der Waals surface area contributed by atoms with Crippen LogP contribution in [-0.2, 0) is 0 Å². The third-order valence-electron chi connectivity index (χ3n) is 5.66. The summed E-state index contributed by atoms with van der Waals surface area (Å²) in [6.07, 6.45) is 0. The Balaban J connectivity index is 1.86. The van der Waals surface area contributed by atoms with E-state index >= 15 is 0 Å². The van der Waals surface area contributed by atoms with E-state index in [1.807, 2.05) is 0 Å². The van der Waals surface area contributed by atoms with Gasteiger partial charge in [0.15, 0.2) is 0 Å². The molecule has 2 aromatic heterocycles. The monoisotopic (exact) mass is 370 g/mol. The fourth-order valence-corrected chi connectivity index (χ4v) is 3.74. The molecule has 4 aromatic rings. The van der Waals surface area contributed by atoms with Crippen LogP contribution in [0.4, 0.5) is 0 Å². The molecule has 138 valence electrons. The van der Waals surface area contributed by atoms with Gasteiger partial charge in [0, 0.05) is 0 Å². The molecular formula is C26H25B3. The second-order valence-corrected chi connectivity index (χ2v) is 8.27. The summed E-state index contributed by atoms with van der Waals surface area (Å²) in [5, 5.41) is 0. The van der Waals surface area contributed by atoms with Crippen LogP contribution >= 0.6 is 0 Å². The van der Waals surface area contributed by atoms with Crippen LogP contribution in [0.1, 0.15) is 11.1 Å².